The van der Waals surface area contributed by atoms with E-state index >= 15 is 0 Å². The molecule has 1 aromatic heterocycles. The Morgan fingerprint density at radius 3 is 2.55 bits per heavy atom. The van der Waals surface area contributed by atoms with Crippen LogP contribution in [-0.4, -0.2) is 31.1 Å². The van der Waals surface area contributed by atoms with Gasteiger partial charge in [-0.2, -0.15) is 0 Å². The van der Waals surface area contributed by atoms with Gasteiger partial charge >= 0.3 is 11.8 Å². The molecule has 1 fully saturated rings. The number of anilines is 1. The van der Waals surface area contributed by atoms with Gasteiger partial charge in [-0.05, 0) is 22.7 Å². The lowest BCUT2D eigenvalue weighted by molar-refractivity contribution is -0.388. The maximum Gasteiger partial charge on any atom is 0.406 e. The quantitative estimate of drug-likeness (QED) is 0.644. The van der Waals surface area contributed by atoms with E-state index in [0.717, 1.165) is 19.3 Å². The third kappa shape index (κ3) is 2.33. The monoisotopic (exact) mass is 282 g/mol. The largest absolute Gasteiger partial charge is 0.480 e. The van der Waals surface area contributed by atoms with Crippen LogP contribution in [0.25, 0.3) is 0 Å². The standard InChI is InChI=1S/C12H18N4O4/c1-8-13-9(16(19)20)10(15(8)2)14-12(11(17)18)6-4-3-5-7-12/h14H,3-7H2,1-2H3,(H,17,18). The van der Waals surface area contributed by atoms with Crippen molar-refractivity contribution >= 4 is 17.6 Å². The number of aromatic nitrogens is 2. The van der Waals surface area contributed by atoms with E-state index in [2.05, 4.69) is 10.3 Å². The molecule has 0 amide bonds. The van der Waals surface area contributed by atoms with Gasteiger partial charge in [0.1, 0.15) is 5.54 Å². The van der Waals surface area contributed by atoms with Crippen molar-refractivity contribution in [2.24, 2.45) is 7.05 Å². The van der Waals surface area contributed by atoms with Gasteiger partial charge in [0, 0.05) is 14.0 Å². The highest BCUT2D eigenvalue weighted by molar-refractivity contribution is 5.83. The van der Waals surface area contributed by atoms with Crippen molar-refractivity contribution in [1.29, 1.82) is 0 Å². The molecule has 0 saturated heterocycles. The zero-order chi connectivity index (χ0) is 14.9. The lowest BCUT2D eigenvalue weighted by atomic mass is 9.81. The topological polar surface area (TPSA) is 110 Å². The predicted molar refractivity (Wildman–Crippen MR) is 71.7 cm³/mol. The van der Waals surface area contributed by atoms with E-state index in [9.17, 15) is 20.0 Å². The first-order valence-electron chi connectivity index (χ1n) is 6.57. The van der Waals surface area contributed by atoms with Crippen molar-refractivity contribution in [3.8, 4) is 0 Å². The number of carboxylic acid groups (broad SMARTS) is 1. The third-order valence-electron chi connectivity index (χ3n) is 3.95. The lowest BCUT2D eigenvalue weighted by Crippen LogP contribution is -2.48. The van der Waals surface area contributed by atoms with E-state index in [0.29, 0.717) is 18.7 Å². The Bertz CT molecular complexity index is 546. The molecule has 2 rings (SSSR count). The number of carboxylic acids is 1. The molecule has 20 heavy (non-hydrogen) atoms. The summed E-state index contributed by atoms with van der Waals surface area (Å²) in [6.07, 6.45) is 3.50. The first kappa shape index (κ1) is 14.3. The van der Waals surface area contributed by atoms with Crippen LogP contribution in [0.4, 0.5) is 11.6 Å². The summed E-state index contributed by atoms with van der Waals surface area (Å²) < 4.78 is 1.53. The maximum atomic E-state index is 11.6. The summed E-state index contributed by atoms with van der Waals surface area (Å²) in [6, 6.07) is 0. The first-order chi connectivity index (χ1) is 9.37. The fourth-order valence-electron chi connectivity index (χ4n) is 2.63. The van der Waals surface area contributed by atoms with Crippen molar-refractivity contribution in [2.75, 3.05) is 5.32 Å². The summed E-state index contributed by atoms with van der Waals surface area (Å²) in [7, 11) is 1.63. The summed E-state index contributed by atoms with van der Waals surface area (Å²) in [5.41, 5.74) is -1.14. The van der Waals surface area contributed by atoms with Crippen LogP contribution in [0.1, 0.15) is 37.9 Å². The van der Waals surface area contributed by atoms with Crippen LogP contribution in [0.15, 0.2) is 0 Å². The molecule has 0 aromatic carbocycles. The molecule has 1 aliphatic carbocycles. The number of aryl methyl sites for hydroxylation is 1. The molecule has 110 valence electrons. The number of imidazole rings is 1. The molecule has 0 bridgehead atoms. The second-order valence-corrected chi connectivity index (χ2v) is 5.22. The minimum Gasteiger partial charge on any atom is -0.480 e. The minimum atomic E-state index is -1.14. The molecule has 0 spiro atoms. The van der Waals surface area contributed by atoms with Crippen molar-refractivity contribution < 1.29 is 14.8 Å². The van der Waals surface area contributed by atoms with E-state index in [1.54, 1.807) is 14.0 Å². The Morgan fingerprint density at radius 1 is 1.45 bits per heavy atom. The number of hydrogen-bond acceptors (Lipinski definition) is 5. The summed E-state index contributed by atoms with van der Waals surface area (Å²) >= 11 is 0. The average Bonchev–Trinajstić information content (AvgIpc) is 2.68. The molecule has 8 heteroatoms. The maximum absolute atomic E-state index is 11.6. The normalized spacial score (nSPS) is 17.7. The van der Waals surface area contributed by atoms with E-state index < -0.39 is 16.4 Å². The van der Waals surface area contributed by atoms with E-state index in [-0.39, 0.29) is 11.6 Å². The summed E-state index contributed by atoms with van der Waals surface area (Å²) in [5, 5.41) is 23.5. The van der Waals surface area contributed by atoms with Crippen LogP contribution in [0.2, 0.25) is 0 Å². The SMILES string of the molecule is Cc1nc([N+](=O)[O-])c(NC2(C(=O)O)CCCCC2)n1C. The number of carbonyl (C=O) groups is 1. The highest BCUT2D eigenvalue weighted by Crippen LogP contribution is 2.35. The summed E-state index contributed by atoms with van der Waals surface area (Å²) in [5.74, 6) is -0.658. The highest BCUT2D eigenvalue weighted by atomic mass is 16.6. The number of nitrogens with one attached hydrogen (secondary N) is 1. The van der Waals surface area contributed by atoms with Crippen LogP contribution in [0.3, 0.4) is 0 Å². The third-order valence-corrected chi connectivity index (χ3v) is 3.95. The molecule has 1 heterocycles. The summed E-state index contributed by atoms with van der Waals surface area (Å²) in [6.45, 7) is 1.65. The molecule has 0 radical (unpaired) electrons. The molecule has 0 unspecified atom stereocenters. The predicted octanol–water partition coefficient (Wildman–Crippen LogP) is 1.84. The van der Waals surface area contributed by atoms with E-state index in [4.69, 9.17) is 0 Å². The van der Waals surface area contributed by atoms with Gasteiger partial charge in [0.15, 0.2) is 0 Å². The van der Waals surface area contributed by atoms with Crippen LogP contribution in [0.5, 0.6) is 0 Å². The van der Waals surface area contributed by atoms with Crippen molar-refractivity contribution in [3.63, 3.8) is 0 Å². The average molecular weight is 282 g/mol. The number of nitro groups is 1. The van der Waals surface area contributed by atoms with E-state index in [1.807, 2.05) is 0 Å². The Labute approximate surface area is 116 Å². The molecule has 8 nitrogen and oxygen atoms in total. The smallest absolute Gasteiger partial charge is 0.406 e. The molecule has 0 aliphatic heterocycles. The second kappa shape index (κ2) is 5.10. The molecular formula is C12H18N4O4. The fraction of sp³-hybridized carbons (Fsp3) is 0.667. The minimum absolute atomic E-state index is 0.164. The van der Waals surface area contributed by atoms with Crippen LogP contribution in [0, 0.1) is 17.0 Å². The fourth-order valence-corrected chi connectivity index (χ4v) is 2.63. The van der Waals surface area contributed by atoms with Gasteiger partial charge in [0.05, 0.1) is 0 Å². The first-order valence-corrected chi connectivity index (χ1v) is 6.57. The van der Waals surface area contributed by atoms with Crippen molar-refractivity contribution in [2.45, 2.75) is 44.6 Å². The molecule has 1 aliphatic rings. The van der Waals surface area contributed by atoms with Crippen LogP contribution < -0.4 is 5.32 Å². The lowest BCUT2D eigenvalue weighted by Gasteiger charge is -2.34. The highest BCUT2D eigenvalue weighted by Gasteiger charge is 2.42. The number of hydrogen-bond donors (Lipinski definition) is 2. The van der Waals surface area contributed by atoms with Crippen LogP contribution >= 0.6 is 0 Å². The zero-order valence-electron chi connectivity index (χ0n) is 11.5. The van der Waals surface area contributed by atoms with Gasteiger partial charge < -0.3 is 20.5 Å². The van der Waals surface area contributed by atoms with Crippen molar-refractivity contribution in [3.05, 3.63) is 15.9 Å². The van der Waals surface area contributed by atoms with Gasteiger partial charge in [-0.15, -0.1) is 0 Å². The van der Waals surface area contributed by atoms with Gasteiger partial charge in [-0.25, -0.2) is 4.79 Å². The van der Waals surface area contributed by atoms with Gasteiger partial charge in [-0.3, -0.25) is 4.57 Å². The second-order valence-electron chi connectivity index (χ2n) is 5.22. The Kier molecular flexibility index (Phi) is 3.65. The van der Waals surface area contributed by atoms with Crippen molar-refractivity contribution in [1.82, 2.24) is 9.55 Å². The van der Waals surface area contributed by atoms with Gasteiger partial charge in [-0.1, -0.05) is 19.3 Å². The Balaban J connectivity index is 2.41. The van der Waals surface area contributed by atoms with Gasteiger partial charge in [0.25, 0.3) is 0 Å². The van der Waals surface area contributed by atoms with E-state index in [1.165, 1.54) is 4.57 Å². The number of nitrogens with zero attached hydrogens (tertiary/aromatic N) is 3. The molecule has 1 aromatic rings. The Hall–Kier alpha value is -2.12. The molecule has 1 saturated carbocycles. The molecule has 0 atom stereocenters. The Morgan fingerprint density at radius 2 is 2.05 bits per heavy atom. The number of aliphatic carboxylic acids is 1. The zero-order valence-corrected chi connectivity index (χ0v) is 11.5. The summed E-state index contributed by atoms with van der Waals surface area (Å²) in [4.78, 5) is 25.9. The number of rotatable bonds is 4. The molecular weight excluding hydrogens is 264 g/mol. The van der Waals surface area contributed by atoms with Gasteiger partial charge in [0.2, 0.25) is 11.6 Å². The molecule has 2 N–H and O–H groups in total. The van der Waals surface area contributed by atoms with Crippen LogP contribution in [-0.2, 0) is 11.8 Å².